The van der Waals surface area contributed by atoms with Gasteiger partial charge in [0.05, 0.1) is 10.9 Å². The van der Waals surface area contributed by atoms with E-state index in [1.165, 1.54) is 24.3 Å². The third-order valence-corrected chi connectivity index (χ3v) is 4.32. The molecule has 5 rings (SSSR count). The Morgan fingerprint density at radius 2 is 1.96 bits per heavy atom. The van der Waals surface area contributed by atoms with E-state index in [2.05, 4.69) is 15.1 Å². The summed E-state index contributed by atoms with van der Waals surface area (Å²) >= 11 is 0. The number of aromatic amines is 1. The van der Waals surface area contributed by atoms with Gasteiger partial charge in [-0.2, -0.15) is 4.98 Å². The molecular weight excluding hydrogens is 371 g/mol. The average molecular weight is 382 g/mol. The summed E-state index contributed by atoms with van der Waals surface area (Å²) in [6, 6.07) is 8.74. The highest BCUT2D eigenvalue weighted by molar-refractivity contribution is 5.81. The Labute approximate surface area is 155 Å². The van der Waals surface area contributed by atoms with Gasteiger partial charge in [0.15, 0.2) is 11.5 Å². The summed E-state index contributed by atoms with van der Waals surface area (Å²) in [5.74, 6) is 0.631. The van der Waals surface area contributed by atoms with Gasteiger partial charge in [0.25, 0.3) is 5.56 Å². The summed E-state index contributed by atoms with van der Waals surface area (Å²) in [7, 11) is 0. The molecule has 1 N–H and O–H groups in total. The molecule has 1 aliphatic heterocycles. The SMILES string of the molecule is O=c1[nH]c2cc3c(cc2c(=O)n1Cc1nc(-c2cccc(F)c2)no1)OCO3. The molecule has 0 spiro atoms. The molecule has 0 amide bonds. The monoisotopic (exact) mass is 382 g/mol. The first-order valence-corrected chi connectivity index (χ1v) is 8.23. The fraction of sp³-hybridized carbons (Fsp3) is 0.111. The number of rotatable bonds is 3. The number of aromatic nitrogens is 4. The summed E-state index contributed by atoms with van der Waals surface area (Å²) in [6.07, 6.45) is 0. The van der Waals surface area contributed by atoms with Gasteiger partial charge < -0.3 is 19.0 Å². The molecule has 4 aromatic rings. The van der Waals surface area contributed by atoms with Crippen LogP contribution >= 0.6 is 0 Å². The van der Waals surface area contributed by atoms with Crippen molar-refractivity contribution >= 4 is 10.9 Å². The number of nitrogens with zero attached hydrogens (tertiary/aromatic N) is 3. The standard InChI is InChI=1S/C18H11FN4O5/c19-10-3-1-2-9(4-10)16-21-15(28-22-16)7-23-17(24)11-5-13-14(27-8-26-13)6-12(11)20-18(23)25/h1-6H,7-8H2,(H,20,25). The maximum Gasteiger partial charge on any atom is 0.329 e. The van der Waals surface area contributed by atoms with Crippen LogP contribution < -0.4 is 20.7 Å². The Morgan fingerprint density at radius 3 is 2.79 bits per heavy atom. The summed E-state index contributed by atoms with van der Waals surface area (Å²) in [5, 5.41) is 4.03. The van der Waals surface area contributed by atoms with Crippen LogP contribution in [0.5, 0.6) is 11.5 Å². The fourth-order valence-electron chi connectivity index (χ4n) is 2.99. The molecule has 9 nitrogen and oxygen atoms in total. The van der Waals surface area contributed by atoms with Gasteiger partial charge in [-0.05, 0) is 18.2 Å². The van der Waals surface area contributed by atoms with Gasteiger partial charge in [-0.15, -0.1) is 0 Å². The molecule has 28 heavy (non-hydrogen) atoms. The van der Waals surface area contributed by atoms with E-state index in [9.17, 15) is 14.0 Å². The lowest BCUT2D eigenvalue weighted by atomic mass is 10.2. The van der Waals surface area contributed by atoms with Crippen molar-refractivity contribution in [3.8, 4) is 22.9 Å². The molecule has 0 bridgehead atoms. The Morgan fingerprint density at radius 1 is 1.14 bits per heavy atom. The summed E-state index contributed by atoms with van der Waals surface area (Å²) in [6.45, 7) is -0.185. The molecule has 0 unspecified atom stereocenters. The van der Waals surface area contributed by atoms with Crippen LogP contribution in [0, 0.1) is 5.82 Å². The highest BCUT2D eigenvalue weighted by atomic mass is 19.1. The summed E-state index contributed by atoms with van der Waals surface area (Å²) < 4.78 is 29.9. The lowest BCUT2D eigenvalue weighted by Crippen LogP contribution is -2.35. The number of hydrogen-bond donors (Lipinski definition) is 1. The number of hydrogen-bond acceptors (Lipinski definition) is 7. The molecule has 0 saturated carbocycles. The Kier molecular flexibility index (Phi) is 3.51. The first-order valence-electron chi connectivity index (χ1n) is 8.23. The van der Waals surface area contributed by atoms with Gasteiger partial charge in [-0.25, -0.2) is 9.18 Å². The number of H-pyrrole nitrogens is 1. The minimum atomic E-state index is -0.637. The van der Waals surface area contributed by atoms with Crippen LogP contribution in [0.15, 0.2) is 50.5 Å². The second kappa shape index (κ2) is 6.05. The minimum Gasteiger partial charge on any atom is -0.454 e. The first-order chi connectivity index (χ1) is 13.6. The number of fused-ring (bicyclic) bond motifs is 2. The van der Waals surface area contributed by atoms with Crippen LogP contribution in [0.1, 0.15) is 5.89 Å². The van der Waals surface area contributed by atoms with Crippen molar-refractivity contribution in [1.29, 1.82) is 0 Å². The van der Waals surface area contributed by atoms with Gasteiger partial charge in [0.1, 0.15) is 12.4 Å². The zero-order valence-corrected chi connectivity index (χ0v) is 14.1. The molecule has 0 atom stereocenters. The van der Waals surface area contributed by atoms with Crippen molar-refractivity contribution in [2.24, 2.45) is 0 Å². The third-order valence-electron chi connectivity index (χ3n) is 4.32. The number of ether oxygens (including phenoxy) is 2. The van der Waals surface area contributed by atoms with Crippen LogP contribution in [0.3, 0.4) is 0 Å². The van der Waals surface area contributed by atoms with Crippen LogP contribution in [0.2, 0.25) is 0 Å². The summed E-state index contributed by atoms with van der Waals surface area (Å²) in [4.78, 5) is 31.9. The maximum atomic E-state index is 13.4. The van der Waals surface area contributed by atoms with E-state index in [1.54, 1.807) is 12.1 Å². The molecule has 2 aromatic heterocycles. The van der Waals surface area contributed by atoms with E-state index in [1.807, 2.05) is 0 Å². The second-order valence-corrected chi connectivity index (χ2v) is 6.09. The van der Waals surface area contributed by atoms with Crippen molar-refractivity contribution in [3.05, 3.63) is 68.9 Å². The highest BCUT2D eigenvalue weighted by Gasteiger charge is 2.19. The molecule has 1 aliphatic rings. The van der Waals surface area contributed by atoms with E-state index in [0.29, 0.717) is 22.6 Å². The van der Waals surface area contributed by atoms with Crippen LogP contribution in [0.25, 0.3) is 22.3 Å². The van der Waals surface area contributed by atoms with Crippen LogP contribution in [0.4, 0.5) is 4.39 Å². The predicted molar refractivity (Wildman–Crippen MR) is 93.7 cm³/mol. The number of benzene rings is 2. The Hall–Kier alpha value is -3.95. The van der Waals surface area contributed by atoms with Crippen molar-refractivity contribution in [2.75, 3.05) is 6.79 Å². The molecule has 10 heteroatoms. The van der Waals surface area contributed by atoms with Gasteiger partial charge in [0.2, 0.25) is 18.5 Å². The summed E-state index contributed by atoms with van der Waals surface area (Å²) in [5.41, 5.74) is -0.423. The zero-order chi connectivity index (χ0) is 19.3. The lowest BCUT2D eigenvalue weighted by Gasteiger charge is -2.05. The largest absolute Gasteiger partial charge is 0.454 e. The zero-order valence-electron chi connectivity index (χ0n) is 14.1. The molecule has 140 valence electrons. The fourth-order valence-corrected chi connectivity index (χ4v) is 2.99. The molecule has 0 saturated heterocycles. The third kappa shape index (κ3) is 2.62. The predicted octanol–water partition coefficient (Wildman–Crippen LogP) is 1.66. The van der Waals surface area contributed by atoms with E-state index in [-0.39, 0.29) is 30.4 Å². The van der Waals surface area contributed by atoms with E-state index >= 15 is 0 Å². The quantitative estimate of drug-likeness (QED) is 0.573. The van der Waals surface area contributed by atoms with Gasteiger partial charge >= 0.3 is 5.69 Å². The minimum absolute atomic E-state index is 0.0342. The number of halogens is 1. The van der Waals surface area contributed by atoms with E-state index in [4.69, 9.17) is 14.0 Å². The van der Waals surface area contributed by atoms with Crippen LogP contribution in [-0.4, -0.2) is 26.5 Å². The highest BCUT2D eigenvalue weighted by Crippen LogP contribution is 2.34. The van der Waals surface area contributed by atoms with Crippen molar-refractivity contribution in [1.82, 2.24) is 19.7 Å². The van der Waals surface area contributed by atoms with E-state index in [0.717, 1.165) is 4.57 Å². The van der Waals surface area contributed by atoms with Crippen molar-refractivity contribution < 1.29 is 18.4 Å². The molecule has 0 aliphatic carbocycles. The van der Waals surface area contributed by atoms with Crippen molar-refractivity contribution in [3.63, 3.8) is 0 Å². The Bertz CT molecular complexity index is 1340. The van der Waals surface area contributed by atoms with Gasteiger partial charge in [-0.3, -0.25) is 9.36 Å². The lowest BCUT2D eigenvalue weighted by molar-refractivity contribution is 0.174. The molecule has 3 heterocycles. The van der Waals surface area contributed by atoms with Crippen molar-refractivity contribution in [2.45, 2.75) is 6.54 Å². The second-order valence-electron chi connectivity index (χ2n) is 6.09. The molecule has 0 radical (unpaired) electrons. The van der Waals surface area contributed by atoms with E-state index < -0.39 is 17.1 Å². The normalized spacial score (nSPS) is 12.6. The smallest absolute Gasteiger partial charge is 0.329 e. The first kappa shape index (κ1) is 16.2. The average Bonchev–Trinajstić information content (AvgIpc) is 3.33. The van der Waals surface area contributed by atoms with Gasteiger partial charge in [0, 0.05) is 11.6 Å². The molecule has 0 fully saturated rings. The number of nitrogens with one attached hydrogen (secondary N) is 1. The molecular formula is C18H11FN4O5. The topological polar surface area (TPSA) is 112 Å². The Balaban J connectivity index is 1.55. The maximum absolute atomic E-state index is 13.4. The van der Waals surface area contributed by atoms with Crippen LogP contribution in [-0.2, 0) is 6.54 Å². The van der Waals surface area contributed by atoms with Gasteiger partial charge in [-0.1, -0.05) is 17.3 Å². The molecule has 2 aromatic carbocycles.